The number of anilines is 1. The summed E-state index contributed by atoms with van der Waals surface area (Å²) in [6.07, 6.45) is 6.18. The highest BCUT2D eigenvalue weighted by molar-refractivity contribution is 5.96. The van der Waals surface area contributed by atoms with Crippen LogP contribution in [0.3, 0.4) is 0 Å². The van der Waals surface area contributed by atoms with Crippen LogP contribution in [0.4, 0.5) is 17.1 Å². The second-order valence-electron chi connectivity index (χ2n) is 19.7. The summed E-state index contributed by atoms with van der Waals surface area (Å²) in [5, 5.41) is 56.9. The first-order valence-electron chi connectivity index (χ1n) is 27.0. The van der Waals surface area contributed by atoms with Gasteiger partial charge in [-0.05, 0) is 92.1 Å². The Morgan fingerprint density at radius 2 is 1.19 bits per heavy atom. The van der Waals surface area contributed by atoms with Crippen LogP contribution in [0, 0.1) is 16.0 Å². The van der Waals surface area contributed by atoms with Gasteiger partial charge in [0.25, 0.3) is 5.69 Å². The number of azide groups is 1. The van der Waals surface area contributed by atoms with Crippen LogP contribution in [-0.2, 0) is 51.2 Å². The number of unbranched alkanes of at least 4 members (excludes halogenated alkanes) is 5. The van der Waals surface area contributed by atoms with Gasteiger partial charge in [0.15, 0.2) is 0 Å². The van der Waals surface area contributed by atoms with Gasteiger partial charge in [0.05, 0.1) is 4.92 Å². The highest BCUT2D eigenvalue weighted by atomic mass is 16.6. The molecule has 10 N–H and O–H groups in total. The van der Waals surface area contributed by atoms with Crippen LogP contribution in [0.5, 0.6) is 5.75 Å². The van der Waals surface area contributed by atoms with E-state index in [1.165, 1.54) is 30.3 Å². The molecule has 0 bridgehead atoms. The van der Waals surface area contributed by atoms with Crippen molar-refractivity contribution in [3.63, 3.8) is 0 Å². The zero-order valence-electron chi connectivity index (χ0n) is 45.5. The van der Waals surface area contributed by atoms with E-state index >= 15 is 0 Å². The SMILES string of the molecule is CCCC[C@H](NC=O)C(=O)N[C@@H](CC(C)C)C(=O)N[C@@H](Cc1ccccc1)C(=O)N[C@@H](CCCC)C(=O)N[C@@H](Cc1ccc(O)cc1)C(=O)N[C@@H](CCCCNC(=O)CCCCCNc1ccc(N=[N+]=[N-])cc1[N+](=O)[O-])C(=O)O. The van der Waals surface area contributed by atoms with Crippen LogP contribution in [-0.4, -0.2) is 112 Å². The standard InChI is InChI=1S/C55H78N12O12/c1-5-7-19-42(59-35-68)50(71)62-45(31-36(3)4)52(73)64-46(32-37-17-11-9-12-18-37)53(74)60-43(20-8-6-2)51(72)63-47(33-38-23-26-40(69)27-24-38)54(75)61-44(55(76)77)21-14-16-30-58-49(70)22-13-10-15-29-57-41-28-25-39(65-66-56)34-48(41)67(78)79/h9,11-12,17-18,23-28,34-36,42-47,57,69H,5-8,10,13-16,19-22,29-33H2,1-4H3,(H,58,70)(H,59,68)(H,60,74)(H,61,75)(H,62,71)(H,63,72)(H,64,73)(H,76,77)/t42-,43-,44-,45-,46-,47-/m0/s1. The van der Waals surface area contributed by atoms with Gasteiger partial charge in [-0.1, -0.05) is 113 Å². The molecule has 430 valence electrons. The van der Waals surface area contributed by atoms with Crippen LogP contribution in [0.15, 0.2) is 77.9 Å². The molecule has 24 nitrogen and oxygen atoms in total. The Morgan fingerprint density at radius 3 is 1.77 bits per heavy atom. The Balaban J connectivity index is 1.68. The minimum absolute atomic E-state index is 0.00180. The molecule has 3 aromatic carbocycles. The largest absolute Gasteiger partial charge is 0.508 e. The lowest BCUT2D eigenvalue weighted by Gasteiger charge is -2.28. The third kappa shape index (κ3) is 24.7. The number of nitrogens with one attached hydrogen (secondary N) is 8. The number of benzene rings is 3. The number of carboxylic acids is 1. The summed E-state index contributed by atoms with van der Waals surface area (Å²) in [5.74, 6) is -5.16. The Bertz CT molecular complexity index is 2510. The number of nitro benzene ring substituents is 1. The number of carbonyl (C=O) groups excluding carboxylic acids is 7. The number of phenolic OH excluding ortho intramolecular Hbond substituents is 1. The summed E-state index contributed by atoms with van der Waals surface area (Å²) < 4.78 is 0. The van der Waals surface area contributed by atoms with E-state index in [1.54, 1.807) is 42.5 Å². The number of hydrogen-bond acceptors (Lipinski definition) is 13. The lowest BCUT2D eigenvalue weighted by atomic mass is 9.99. The second kappa shape index (κ2) is 35.9. The maximum Gasteiger partial charge on any atom is 0.326 e. The van der Waals surface area contributed by atoms with Crippen molar-refractivity contribution in [2.45, 2.75) is 167 Å². The van der Waals surface area contributed by atoms with Crippen molar-refractivity contribution in [1.82, 2.24) is 37.2 Å². The molecule has 0 heterocycles. The van der Waals surface area contributed by atoms with Crippen molar-refractivity contribution in [1.29, 1.82) is 0 Å². The molecule has 3 rings (SSSR count). The van der Waals surface area contributed by atoms with Gasteiger partial charge in [-0.3, -0.25) is 43.7 Å². The molecule has 0 aliphatic heterocycles. The summed E-state index contributed by atoms with van der Waals surface area (Å²) in [4.78, 5) is 120. The van der Waals surface area contributed by atoms with Crippen LogP contribution in [0.1, 0.15) is 129 Å². The highest BCUT2D eigenvalue weighted by Gasteiger charge is 2.34. The lowest BCUT2D eigenvalue weighted by Crippen LogP contribution is -2.60. The number of hydrogen-bond donors (Lipinski definition) is 10. The van der Waals surface area contributed by atoms with Crippen molar-refractivity contribution in [3.05, 3.63) is 104 Å². The van der Waals surface area contributed by atoms with Crippen LogP contribution in [0.2, 0.25) is 0 Å². The molecule has 24 heteroatoms. The number of aliphatic carboxylic acids is 1. The summed E-state index contributed by atoms with van der Waals surface area (Å²) in [6.45, 7) is 8.21. The molecule has 7 amide bonds. The number of carbonyl (C=O) groups is 8. The van der Waals surface area contributed by atoms with Crippen molar-refractivity contribution >= 4 is 64.9 Å². The Morgan fingerprint density at radius 1 is 0.658 bits per heavy atom. The maximum absolute atomic E-state index is 14.4. The lowest BCUT2D eigenvalue weighted by molar-refractivity contribution is -0.383. The van der Waals surface area contributed by atoms with Crippen molar-refractivity contribution in [2.24, 2.45) is 11.0 Å². The van der Waals surface area contributed by atoms with E-state index in [0.29, 0.717) is 81.9 Å². The van der Waals surface area contributed by atoms with Gasteiger partial charge in [-0.15, -0.1) is 0 Å². The average molecular weight is 1100 g/mol. The smallest absolute Gasteiger partial charge is 0.326 e. The molecule has 6 atom stereocenters. The molecule has 0 aliphatic carbocycles. The van der Waals surface area contributed by atoms with Gasteiger partial charge >= 0.3 is 5.97 Å². The quantitative estimate of drug-likeness (QED) is 0.00593. The van der Waals surface area contributed by atoms with Gasteiger partial charge in [-0.2, -0.15) is 0 Å². The molecule has 0 spiro atoms. The van der Waals surface area contributed by atoms with Crippen LogP contribution < -0.4 is 42.5 Å². The summed E-state index contributed by atoms with van der Waals surface area (Å²) in [5.41, 5.74) is 9.97. The van der Waals surface area contributed by atoms with E-state index < -0.39 is 76.7 Å². The van der Waals surface area contributed by atoms with E-state index in [2.05, 4.69) is 52.6 Å². The molecule has 0 radical (unpaired) electrons. The van der Waals surface area contributed by atoms with E-state index in [1.807, 2.05) is 27.7 Å². The van der Waals surface area contributed by atoms with Gasteiger partial charge in [0.2, 0.25) is 41.9 Å². The Hall–Kier alpha value is -8.27. The number of carboxylic acid groups (broad SMARTS) is 1. The molecule has 0 saturated carbocycles. The topological polar surface area (TPSA) is 365 Å². The molecule has 0 aliphatic rings. The zero-order valence-corrected chi connectivity index (χ0v) is 45.5. The molecular weight excluding hydrogens is 1020 g/mol. The van der Waals surface area contributed by atoms with E-state index in [4.69, 9.17) is 5.53 Å². The van der Waals surface area contributed by atoms with Gasteiger partial charge in [0, 0.05) is 49.0 Å². The van der Waals surface area contributed by atoms with Gasteiger partial charge in [0.1, 0.15) is 47.7 Å². The highest BCUT2D eigenvalue weighted by Crippen LogP contribution is 2.29. The second-order valence-corrected chi connectivity index (χ2v) is 19.7. The third-order valence-corrected chi connectivity index (χ3v) is 12.8. The summed E-state index contributed by atoms with van der Waals surface area (Å²) in [6, 6.07) is 11.7. The number of nitro groups is 1. The maximum atomic E-state index is 14.4. The van der Waals surface area contributed by atoms with Crippen molar-refractivity contribution < 1.29 is 53.5 Å². The molecule has 0 aromatic heterocycles. The van der Waals surface area contributed by atoms with Crippen LogP contribution >= 0.6 is 0 Å². The predicted octanol–water partition coefficient (Wildman–Crippen LogP) is 6.04. The summed E-state index contributed by atoms with van der Waals surface area (Å²) in [7, 11) is 0. The number of nitrogens with zero attached hydrogens (tertiary/aromatic N) is 4. The minimum atomic E-state index is -1.38. The first-order valence-corrected chi connectivity index (χ1v) is 27.0. The zero-order chi connectivity index (χ0) is 58.1. The van der Waals surface area contributed by atoms with E-state index in [9.17, 15) is 58.7 Å². The van der Waals surface area contributed by atoms with Crippen molar-refractivity contribution in [3.8, 4) is 5.75 Å². The molecule has 79 heavy (non-hydrogen) atoms. The fourth-order valence-electron chi connectivity index (χ4n) is 8.45. The molecule has 3 aromatic rings. The fourth-order valence-corrected chi connectivity index (χ4v) is 8.45. The normalized spacial score (nSPS) is 13.1. The predicted molar refractivity (Wildman–Crippen MR) is 296 cm³/mol. The summed E-state index contributed by atoms with van der Waals surface area (Å²) >= 11 is 0. The Kier molecular flexibility index (Phi) is 29.6. The number of amides is 7. The van der Waals surface area contributed by atoms with Gasteiger partial charge < -0.3 is 52.7 Å². The van der Waals surface area contributed by atoms with Crippen LogP contribution in [0.25, 0.3) is 10.4 Å². The number of phenols is 1. The van der Waals surface area contributed by atoms with Crippen molar-refractivity contribution in [2.75, 3.05) is 18.4 Å². The van der Waals surface area contributed by atoms with E-state index in [0.717, 1.165) is 6.42 Å². The fraction of sp³-hybridized carbons (Fsp3) is 0.527. The Labute approximate surface area is 460 Å². The van der Waals surface area contributed by atoms with Gasteiger partial charge in [-0.25, -0.2) is 4.79 Å². The monoisotopic (exact) mass is 1100 g/mol. The first kappa shape index (κ1) is 65.0. The average Bonchev–Trinajstić information content (AvgIpc) is 3.42. The molecule has 0 saturated heterocycles. The number of aromatic hydroxyl groups is 1. The first-order chi connectivity index (χ1) is 37.9. The molecular formula is C55H78N12O12. The minimum Gasteiger partial charge on any atom is -0.508 e. The number of rotatable bonds is 39. The molecule has 0 fully saturated rings. The molecule has 0 unspecified atom stereocenters. The van der Waals surface area contributed by atoms with E-state index in [-0.39, 0.29) is 79.7 Å². The third-order valence-electron chi connectivity index (χ3n) is 12.8.